The lowest BCUT2D eigenvalue weighted by Gasteiger charge is -2.21. The topological polar surface area (TPSA) is 86.9 Å². The second kappa shape index (κ2) is 6.11. The molecular weight excluding hydrogens is 304 g/mol. The van der Waals surface area contributed by atoms with Crippen LogP contribution in [0, 0.1) is 5.92 Å². The molecule has 2 unspecified atom stereocenters. The number of nitrogens with one attached hydrogen (secondary N) is 3. The summed E-state index contributed by atoms with van der Waals surface area (Å²) in [5.41, 5.74) is 4.18. The van der Waals surface area contributed by atoms with Crippen LogP contribution in [0.25, 0.3) is 0 Å². The molecule has 2 amide bonds. The molecule has 1 aromatic heterocycles. The average Bonchev–Trinajstić information content (AvgIpc) is 3.23. The summed E-state index contributed by atoms with van der Waals surface area (Å²) in [6.07, 6.45) is 4.81. The quantitative estimate of drug-likeness (QED) is 0.804. The maximum atomic E-state index is 12.6. The minimum atomic E-state index is -0.0312. The maximum absolute atomic E-state index is 12.6. The Bertz CT molecular complexity index is 783. The average molecular weight is 324 g/mol. The van der Waals surface area contributed by atoms with Crippen molar-refractivity contribution in [1.29, 1.82) is 0 Å². The summed E-state index contributed by atoms with van der Waals surface area (Å²) >= 11 is 0. The van der Waals surface area contributed by atoms with Crippen LogP contribution in [0.3, 0.4) is 0 Å². The summed E-state index contributed by atoms with van der Waals surface area (Å²) in [5.74, 6) is 0.299. The number of aryl methyl sites for hydroxylation is 1. The number of nitrogens with zero attached hydrogens (tertiary/aromatic N) is 1. The number of carbonyl (C=O) groups is 2. The van der Waals surface area contributed by atoms with Gasteiger partial charge in [0.05, 0.1) is 6.20 Å². The third-order valence-electron chi connectivity index (χ3n) is 4.99. The number of amides is 2. The van der Waals surface area contributed by atoms with Crippen LogP contribution in [0.15, 0.2) is 30.5 Å². The molecule has 1 aromatic carbocycles. The van der Waals surface area contributed by atoms with Crippen molar-refractivity contribution in [3.63, 3.8) is 0 Å². The minimum absolute atomic E-state index is 0.0312. The molecule has 124 valence electrons. The highest BCUT2D eigenvalue weighted by Crippen LogP contribution is 2.27. The van der Waals surface area contributed by atoms with E-state index in [2.05, 4.69) is 20.8 Å². The molecule has 3 N–H and O–H groups in total. The summed E-state index contributed by atoms with van der Waals surface area (Å²) in [6, 6.07) is 7.82. The van der Waals surface area contributed by atoms with E-state index in [1.54, 1.807) is 0 Å². The first-order valence-electron chi connectivity index (χ1n) is 8.37. The Morgan fingerprint density at radius 1 is 1.29 bits per heavy atom. The van der Waals surface area contributed by atoms with Crippen LogP contribution in [0.2, 0.25) is 0 Å². The largest absolute Gasteiger partial charge is 0.355 e. The van der Waals surface area contributed by atoms with Crippen molar-refractivity contribution >= 4 is 17.5 Å². The molecule has 0 bridgehead atoms. The van der Waals surface area contributed by atoms with Gasteiger partial charge in [0, 0.05) is 42.6 Å². The number of anilines is 1. The van der Waals surface area contributed by atoms with Gasteiger partial charge in [0.25, 0.3) is 0 Å². The smallest absolute Gasteiger partial charge is 0.227 e. The third-order valence-corrected chi connectivity index (χ3v) is 4.99. The van der Waals surface area contributed by atoms with E-state index >= 15 is 0 Å². The summed E-state index contributed by atoms with van der Waals surface area (Å²) in [4.78, 5) is 24.0. The Hall–Kier alpha value is -2.63. The molecule has 0 radical (unpaired) electrons. The maximum Gasteiger partial charge on any atom is 0.227 e. The van der Waals surface area contributed by atoms with Gasteiger partial charge in [0.15, 0.2) is 0 Å². The van der Waals surface area contributed by atoms with Gasteiger partial charge in [-0.3, -0.25) is 14.7 Å². The molecule has 2 heterocycles. The van der Waals surface area contributed by atoms with Crippen molar-refractivity contribution in [3.8, 4) is 0 Å². The second-order valence-corrected chi connectivity index (χ2v) is 6.63. The lowest BCUT2D eigenvalue weighted by atomic mass is 9.87. The van der Waals surface area contributed by atoms with Gasteiger partial charge in [-0.2, -0.15) is 5.10 Å². The van der Waals surface area contributed by atoms with Crippen molar-refractivity contribution in [3.05, 3.63) is 47.3 Å². The number of H-pyrrole nitrogens is 1. The molecule has 0 spiro atoms. The van der Waals surface area contributed by atoms with Gasteiger partial charge in [-0.05, 0) is 36.1 Å². The minimum Gasteiger partial charge on any atom is -0.355 e. The third kappa shape index (κ3) is 2.91. The number of rotatable bonds is 3. The summed E-state index contributed by atoms with van der Waals surface area (Å²) in [5, 5.41) is 12.9. The summed E-state index contributed by atoms with van der Waals surface area (Å²) < 4.78 is 0. The molecule has 4 rings (SSSR count). The first-order valence-corrected chi connectivity index (χ1v) is 8.37. The van der Waals surface area contributed by atoms with Crippen molar-refractivity contribution in [2.24, 2.45) is 5.92 Å². The Morgan fingerprint density at radius 3 is 3.04 bits per heavy atom. The Balaban J connectivity index is 1.44. The normalized spacial score (nSPS) is 22.8. The zero-order valence-corrected chi connectivity index (χ0v) is 13.3. The van der Waals surface area contributed by atoms with Crippen molar-refractivity contribution < 1.29 is 9.59 Å². The van der Waals surface area contributed by atoms with Gasteiger partial charge in [-0.15, -0.1) is 0 Å². The molecule has 2 atom stereocenters. The predicted molar refractivity (Wildman–Crippen MR) is 89.5 cm³/mol. The number of hydrogen-bond donors (Lipinski definition) is 3. The van der Waals surface area contributed by atoms with E-state index in [0.717, 1.165) is 29.8 Å². The summed E-state index contributed by atoms with van der Waals surface area (Å²) in [6.45, 7) is 0.668. The van der Waals surface area contributed by atoms with Crippen molar-refractivity contribution in [2.75, 3.05) is 11.9 Å². The van der Waals surface area contributed by atoms with E-state index in [0.29, 0.717) is 19.4 Å². The fourth-order valence-corrected chi connectivity index (χ4v) is 3.59. The fourth-order valence-electron chi connectivity index (χ4n) is 3.59. The molecule has 1 fully saturated rings. The molecule has 24 heavy (non-hydrogen) atoms. The highest BCUT2D eigenvalue weighted by molar-refractivity contribution is 5.93. The summed E-state index contributed by atoms with van der Waals surface area (Å²) in [7, 11) is 0. The van der Waals surface area contributed by atoms with Crippen molar-refractivity contribution in [2.45, 2.75) is 31.6 Å². The molecular formula is C18H20N4O2. The monoisotopic (exact) mass is 324 g/mol. The number of aromatic nitrogens is 2. The lowest BCUT2D eigenvalue weighted by Crippen LogP contribution is -2.28. The number of aromatic amines is 1. The predicted octanol–water partition coefficient (Wildman–Crippen LogP) is 1.76. The molecule has 6 nitrogen and oxygen atoms in total. The Labute approximate surface area is 140 Å². The van der Waals surface area contributed by atoms with E-state index < -0.39 is 0 Å². The second-order valence-electron chi connectivity index (χ2n) is 6.63. The number of benzene rings is 1. The molecule has 6 heteroatoms. The zero-order valence-electron chi connectivity index (χ0n) is 13.3. The van der Waals surface area contributed by atoms with E-state index in [1.807, 2.05) is 30.5 Å². The van der Waals surface area contributed by atoms with Gasteiger partial charge in [0.1, 0.15) is 0 Å². The Kier molecular flexibility index (Phi) is 3.80. The molecule has 2 aromatic rings. The highest BCUT2D eigenvalue weighted by atomic mass is 16.2. The van der Waals surface area contributed by atoms with E-state index in [9.17, 15) is 9.59 Å². The van der Waals surface area contributed by atoms with Crippen LogP contribution >= 0.6 is 0 Å². The molecule has 1 saturated heterocycles. The first kappa shape index (κ1) is 14.9. The SMILES string of the molecule is O=C1CC(c2cccc(NC(=O)C3CCc4cn[nH]c4C3)c2)CN1. The zero-order chi connectivity index (χ0) is 16.5. The number of hydrogen-bond acceptors (Lipinski definition) is 3. The standard InChI is InChI=1S/C18H20N4O2/c23-17-8-14(9-19-17)11-2-1-3-15(6-11)21-18(24)12-4-5-13-10-20-22-16(13)7-12/h1-3,6,10,12,14H,4-5,7-9H2,(H,19,23)(H,20,22)(H,21,24). The van der Waals surface area contributed by atoms with Gasteiger partial charge in [0.2, 0.25) is 11.8 Å². The van der Waals surface area contributed by atoms with Gasteiger partial charge in [-0.1, -0.05) is 12.1 Å². The van der Waals surface area contributed by atoms with Crippen LogP contribution in [0.4, 0.5) is 5.69 Å². The molecule has 1 aliphatic heterocycles. The molecule has 1 aliphatic carbocycles. The lowest BCUT2D eigenvalue weighted by molar-refractivity contribution is -0.120. The van der Waals surface area contributed by atoms with Crippen LogP contribution in [-0.2, 0) is 22.4 Å². The van der Waals surface area contributed by atoms with E-state index in [1.165, 1.54) is 5.56 Å². The Morgan fingerprint density at radius 2 is 2.21 bits per heavy atom. The van der Waals surface area contributed by atoms with Gasteiger partial charge >= 0.3 is 0 Å². The first-order chi connectivity index (χ1) is 11.7. The van der Waals surface area contributed by atoms with E-state index in [4.69, 9.17) is 0 Å². The van der Waals surface area contributed by atoms with Crippen LogP contribution in [0.1, 0.15) is 35.6 Å². The van der Waals surface area contributed by atoms with Crippen LogP contribution in [-0.4, -0.2) is 28.6 Å². The highest BCUT2D eigenvalue weighted by Gasteiger charge is 2.26. The van der Waals surface area contributed by atoms with Gasteiger partial charge in [-0.25, -0.2) is 0 Å². The van der Waals surface area contributed by atoms with Crippen molar-refractivity contribution in [1.82, 2.24) is 15.5 Å². The number of fused-ring (bicyclic) bond motifs is 1. The number of carbonyl (C=O) groups excluding carboxylic acids is 2. The van der Waals surface area contributed by atoms with Crippen LogP contribution < -0.4 is 10.6 Å². The molecule has 0 saturated carbocycles. The van der Waals surface area contributed by atoms with E-state index in [-0.39, 0.29) is 23.7 Å². The van der Waals surface area contributed by atoms with Gasteiger partial charge < -0.3 is 10.6 Å². The van der Waals surface area contributed by atoms with Crippen LogP contribution in [0.5, 0.6) is 0 Å². The molecule has 2 aliphatic rings. The fraction of sp³-hybridized carbons (Fsp3) is 0.389.